The minimum absolute atomic E-state index is 0.0251. The van der Waals surface area contributed by atoms with Crippen LogP contribution in [0.3, 0.4) is 0 Å². The number of aromatic nitrogens is 3. The molecule has 12 heteroatoms. The lowest BCUT2D eigenvalue weighted by atomic mass is 10.1. The van der Waals surface area contributed by atoms with Crippen LogP contribution in [0.15, 0.2) is 41.0 Å². The molecule has 1 unspecified atom stereocenters. The standard InChI is InChI=1S/C24H24BrCl2N5O3S/c1-12(2)13(3)29-23(33)16-7-14(26)8-17(25)21(16)30-24(34)19-9-20(35-15-10-36-11-15)31-32(19)22-18(27)5-4-6-28-22/h4-9,12-13,15H,10-11H2,1-3H3,(H,29,33)(H,30,34). The number of ether oxygens (including phenoxy) is 1. The van der Waals surface area contributed by atoms with E-state index in [0.29, 0.717) is 14.5 Å². The van der Waals surface area contributed by atoms with Crippen molar-refractivity contribution in [2.45, 2.75) is 32.9 Å². The Balaban J connectivity index is 1.70. The fourth-order valence-electron chi connectivity index (χ4n) is 3.23. The molecule has 0 bridgehead atoms. The lowest BCUT2D eigenvalue weighted by Gasteiger charge is -2.24. The summed E-state index contributed by atoms with van der Waals surface area (Å²) >= 11 is 17.8. The number of halogens is 3. The predicted octanol–water partition coefficient (Wildman–Crippen LogP) is 5.86. The fraction of sp³-hybridized carbons (Fsp3) is 0.333. The van der Waals surface area contributed by atoms with E-state index in [-0.39, 0.29) is 52.6 Å². The molecule has 0 radical (unpaired) electrons. The summed E-state index contributed by atoms with van der Waals surface area (Å²) < 4.78 is 7.70. The molecular formula is C24H24BrCl2N5O3S. The van der Waals surface area contributed by atoms with Crippen LogP contribution in [-0.2, 0) is 0 Å². The van der Waals surface area contributed by atoms with Gasteiger partial charge in [-0.2, -0.15) is 11.8 Å². The van der Waals surface area contributed by atoms with Gasteiger partial charge in [0.25, 0.3) is 11.8 Å². The summed E-state index contributed by atoms with van der Waals surface area (Å²) in [6.45, 7) is 5.93. The molecule has 8 nitrogen and oxygen atoms in total. The van der Waals surface area contributed by atoms with Gasteiger partial charge in [0.05, 0.1) is 16.3 Å². The lowest BCUT2D eigenvalue weighted by molar-refractivity contribution is 0.0931. The van der Waals surface area contributed by atoms with Crippen LogP contribution >= 0.6 is 50.9 Å². The smallest absolute Gasteiger partial charge is 0.274 e. The van der Waals surface area contributed by atoms with Gasteiger partial charge in [0.2, 0.25) is 5.88 Å². The van der Waals surface area contributed by atoms with Gasteiger partial charge < -0.3 is 15.4 Å². The highest BCUT2D eigenvalue weighted by Gasteiger charge is 2.27. The number of pyridine rings is 1. The second-order valence-corrected chi connectivity index (χ2v) is 11.4. The summed E-state index contributed by atoms with van der Waals surface area (Å²) in [5.41, 5.74) is 0.636. The van der Waals surface area contributed by atoms with Crippen molar-refractivity contribution in [1.82, 2.24) is 20.1 Å². The van der Waals surface area contributed by atoms with E-state index >= 15 is 0 Å². The second-order valence-electron chi connectivity index (χ2n) is 8.64. The number of carbonyl (C=O) groups is 2. The number of thioether (sulfide) groups is 1. The van der Waals surface area contributed by atoms with Crippen molar-refractivity contribution in [3.8, 4) is 11.7 Å². The molecule has 2 amide bonds. The van der Waals surface area contributed by atoms with E-state index in [1.807, 2.05) is 20.8 Å². The zero-order valence-corrected chi connectivity index (χ0v) is 23.6. The van der Waals surface area contributed by atoms with Gasteiger partial charge in [-0.15, -0.1) is 5.10 Å². The zero-order chi connectivity index (χ0) is 26.0. The molecule has 190 valence electrons. The van der Waals surface area contributed by atoms with Crippen LogP contribution in [0.5, 0.6) is 5.88 Å². The summed E-state index contributed by atoms with van der Waals surface area (Å²) in [5.74, 6) is 1.60. The number of benzene rings is 1. The van der Waals surface area contributed by atoms with Crippen LogP contribution in [0.25, 0.3) is 5.82 Å². The molecule has 1 aromatic carbocycles. The summed E-state index contributed by atoms with van der Waals surface area (Å²) in [6, 6.07) is 7.91. The van der Waals surface area contributed by atoms with E-state index in [0.717, 1.165) is 11.5 Å². The Morgan fingerprint density at radius 2 is 1.94 bits per heavy atom. The molecule has 0 aliphatic carbocycles. The first-order chi connectivity index (χ1) is 17.1. The minimum Gasteiger partial charge on any atom is -0.472 e. The summed E-state index contributed by atoms with van der Waals surface area (Å²) in [4.78, 5) is 30.9. The van der Waals surface area contributed by atoms with E-state index in [2.05, 4.69) is 36.6 Å². The summed E-state index contributed by atoms with van der Waals surface area (Å²) in [6.07, 6.45) is 1.58. The van der Waals surface area contributed by atoms with E-state index < -0.39 is 5.91 Å². The van der Waals surface area contributed by atoms with Crippen molar-refractivity contribution in [3.05, 3.63) is 62.3 Å². The van der Waals surface area contributed by atoms with Gasteiger partial charge >= 0.3 is 0 Å². The highest BCUT2D eigenvalue weighted by molar-refractivity contribution is 9.10. The van der Waals surface area contributed by atoms with E-state index in [1.165, 1.54) is 16.8 Å². The molecule has 2 N–H and O–H groups in total. The fourth-order valence-corrected chi connectivity index (χ4v) is 4.91. The number of rotatable bonds is 8. The number of hydrogen-bond acceptors (Lipinski definition) is 6. The highest BCUT2D eigenvalue weighted by Crippen LogP contribution is 2.32. The first-order valence-electron chi connectivity index (χ1n) is 11.2. The van der Waals surface area contributed by atoms with Crippen LogP contribution in [0, 0.1) is 5.92 Å². The molecule has 36 heavy (non-hydrogen) atoms. The zero-order valence-electron chi connectivity index (χ0n) is 19.7. The maximum absolute atomic E-state index is 13.6. The Kier molecular flexibility index (Phi) is 8.49. The minimum atomic E-state index is -0.531. The Morgan fingerprint density at radius 3 is 2.58 bits per heavy atom. The number of nitrogens with zero attached hydrogens (tertiary/aromatic N) is 3. The molecule has 3 aromatic rings. The first kappa shape index (κ1) is 26.8. The van der Waals surface area contributed by atoms with Gasteiger partial charge in [0.1, 0.15) is 11.8 Å². The number of carbonyl (C=O) groups excluding carboxylic acids is 2. The number of anilines is 1. The van der Waals surface area contributed by atoms with Crippen LogP contribution in [0.2, 0.25) is 10.0 Å². The normalized spacial score (nSPS) is 14.3. The predicted molar refractivity (Wildman–Crippen MR) is 147 cm³/mol. The third-order valence-electron chi connectivity index (χ3n) is 5.65. The monoisotopic (exact) mass is 611 g/mol. The van der Waals surface area contributed by atoms with Gasteiger partial charge in [0, 0.05) is 39.3 Å². The molecule has 3 heterocycles. The molecule has 0 spiro atoms. The quantitative estimate of drug-likeness (QED) is 0.331. The van der Waals surface area contributed by atoms with Gasteiger partial charge in [-0.1, -0.05) is 37.0 Å². The second kappa shape index (κ2) is 11.4. The molecule has 1 aliphatic rings. The third kappa shape index (κ3) is 5.99. The molecule has 1 fully saturated rings. The Hall–Kier alpha value is -2.27. The topological polar surface area (TPSA) is 98.1 Å². The van der Waals surface area contributed by atoms with Gasteiger partial charge in [-0.05, 0) is 53.0 Å². The average Bonchev–Trinajstić information content (AvgIpc) is 3.22. The molecule has 1 saturated heterocycles. The number of amides is 2. The Bertz CT molecular complexity index is 1300. The third-order valence-corrected chi connectivity index (χ3v) is 8.00. The molecular weight excluding hydrogens is 589 g/mol. The van der Waals surface area contributed by atoms with Gasteiger partial charge in [-0.25, -0.2) is 9.67 Å². The van der Waals surface area contributed by atoms with E-state index in [4.69, 9.17) is 27.9 Å². The maximum Gasteiger partial charge on any atom is 0.274 e. The number of nitrogens with one attached hydrogen (secondary N) is 2. The summed E-state index contributed by atoms with van der Waals surface area (Å²) in [5, 5.41) is 10.9. The van der Waals surface area contributed by atoms with Crippen molar-refractivity contribution < 1.29 is 14.3 Å². The average molecular weight is 613 g/mol. The molecule has 4 rings (SSSR count). The van der Waals surface area contributed by atoms with Crippen LogP contribution in [0.1, 0.15) is 41.6 Å². The van der Waals surface area contributed by atoms with E-state index in [9.17, 15) is 9.59 Å². The van der Waals surface area contributed by atoms with Crippen LogP contribution in [0.4, 0.5) is 5.69 Å². The van der Waals surface area contributed by atoms with Crippen LogP contribution in [-0.4, -0.2) is 50.2 Å². The molecule has 0 saturated carbocycles. The van der Waals surface area contributed by atoms with Crippen molar-refractivity contribution >= 4 is 68.4 Å². The Labute approximate surface area is 231 Å². The van der Waals surface area contributed by atoms with E-state index in [1.54, 1.807) is 36.2 Å². The van der Waals surface area contributed by atoms with Crippen molar-refractivity contribution in [2.24, 2.45) is 5.92 Å². The van der Waals surface area contributed by atoms with Gasteiger partial charge in [-0.3, -0.25) is 9.59 Å². The summed E-state index contributed by atoms with van der Waals surface area (Å²) in [7, 11) is 0. The van der Waals surface area contributed by atoms with Crippen molar-refractivity contribution in [3.63, 3.8) is 0 Å². The van der Waals surface area contributed by atoms with Crippen molar-refractivity contribution in [2.75, 3.05) is 16.8 Å². The maximum atomic E-state index is 13.6. The molecule has 2 aromatic heterocycles. The Morgan fingerprint density at radius 1 is 1.19 bits per heavy atom. The largest absolute Gasteiger partial charge is 0.472 e. The molecule has 1 aliphatic heterocycles. The van der Waals surface area contributed by atoms with Crippen molar-refractivity contribution in [1.29, 1.82) is 0 Å². The number of hydrogen-bond donors (Lipinski definition) is 2. The highest BCUT2D eigenvalue weighted by atomic mass is 79.9. The SMILES string of the molecule is CC(C)C(C)NC(=O)c1cc(Cl)cc(Br)c1NC(=O)c1cc(OC2CSC2)nn1-c1ncccc1Cl. The van der Waals surface area contributed by atoms with Crippen LogP contribution < -0.4 is 15.4 Å². The van der Waals surface area contributed by atoms with Gasteiger partial charge in [0.15, 0.2) is 5.82 Å². The first-order valence-corrected chi connectivity index (χ1v) is 13.9. The molecule has 1 atom stereocenters. The lowest BCUT2D eigenvalue weighted by Crippen LogP contribution is -2.36.